The highest BCUT2D eigenvalue weighted by Gasteiger charge is 2.36. The molecule has 2 atom stereocenters. The summed E-state index contributed by atoms with van der Waals surface area (Å²) in [7, 11) is 0. The minimum absolute atomic E-state index is 0.0843. The molecule has 158 valence electrons. The second-order valence-corrected chi connectivity index (χ2v) is 7.26. The minimum Gasteiger partial charge on any atom is -0.486 e. The number of carbonyl (C=O) groups excluding carboxylic acids is 3. The number of nitrogens with zero attached hydrogens (tertiary/aromatic N) is 1. The Labute approximate surface area is 173 Å². The Morgan fingerprint density at radius 3 is 2.77 bits per heavy atom. The first kappa shape index (κ1) is 19.8. The Morgan fingerprint density at radius 1 is 1.20 bits per heavy atom. The van der Waals surface area contributed by atoms with Gasteiger partial charge in [-0.05, 0) is 31.2 Å². The van der Waals surface area contributed by atoms with Gasteiger partial charge < -0.3 is 29.4 Å². The smallest absolute Gasteiger partial charge is 0.242 e. The Morgan fingerprint density at radius 2 is 2.00 bits per heavy atom. The molecule has 30 heavy (non-hydrogen) atoms. The van der Waals surface area contributed by atoms with Gasteiger partial charge in [0, 0.05) is 24.7 Å². The van der Waals surface area contributed by atoms with Crippen molar-refractivity contribution in [3.05, 3.63) is 42.4 Å². The third-order valence-corrected chi connectivity index (χ3v) is 5.10. The van der Waals surface area contributed by atoms with E-state index in [2.05, 4.69) is 10.6 Å². The molecule has 0 spiro atoms. The molecule has 0 radical (unpaired) electrons. The van der Waals surface area contributed by atoms with Gasteiger partial charge in [0.2, 0.25) is 17.7 Å². The highest BCUT2D eigenvalue weighted by atomic mass is 16.6. The summed E-state index contributed by atoms with van der Waals surface area (Å²) in [6.45, 7) is 3.03. The van der Waals surface area contributed by atoms with E-state index < -0.39 is 12.0 Å². The number of furan rings is 1. The molecule has 3 amide bonds. The van der Waals surface area contributed by atoms with Gasteiger partial charge >= 0.3 is 0 Å². The van der Waals surface area contributed by atoms with E-state index in [-0.39, 0.29) is 37.2 Å². The fraction of sp³-hybridized carbons (Fsp3) is 0.381. The number of nitrogens with one attached hydrogen (secondary N) is 2. The van der Waals surface area contributed by atoms with Crippen LogP contribution in [0.2, 0.25) is 0 Å². The van der Waals surface area contributed by atoms with Crippen LogP contribution in [0.3, 0.4) is 0 Å². The molecule has 4 rings (SSSR count). The number of benzene rings is 1. The molecule has 1 unspecified atom stereocenters. The van der Waals surface area contributed by atoms with Crippen molar-refractivity contribution in [1.82, 2.24) is 10.6 Å². The van der Waals surface area contributed by atoms with Crippen LogP contribution in [0.1, 0.15) is 19.1 Å². The van der Waals surface area contributed by atoms with Crippen molar-refractivity contribution in [3.8, 4) is 11.5 Å². The molecule has 0 saturated carbocycles. The number of carbonyl (C=O) groups is 3. The van der Waals surface area contributed by atoms with E-state index in [0.29, 0.717) is 36.2 Å². The van der Waals surface area contributed by atoms with Crippen molar-refractivity contribution < 1.29 is 28.3 Å². The van der Waals surface area contributed by atoms with Gasteiger partial charge in [-0.1, -0.05) is 0 Å². The van der Waals surface area contributed by atoms with Crippen molar-refractivity contribution in [1.29, 1.82) is 0 Å². The Bertz CT molecular complexity index is 942. The highest BCUT2D eigenvalue weighted by molar-refractivity contribution is 6.01. The topological polar surface area (TPSA) is 110 Å². The molecule has 1 aromatic heterocycles. The first-order valence-electron chi connectivity index (χ1n) is 9.82. The number of hydrogen-bond acceptors (Lipinski definition) is 6. The molecule has 9 nitrogen and oxygen atoms in total. The monoisotopic (exact) mass is 413 g/mol. The molecule has 1 saturated heterocycles. The van der Waals surface area contributed by atoms with E-state index in [0.717, 1.165) is 0 Å². The van der Waals surface area contributed by atoms with Crippen molar-refractivity contribution in [2.75, 3.05) is 24.7 Å². The lowest BCUT2D eigenvalue weighted by molar-refractivity contribution is -0.131. The highest BCUT2D eigenvalue weighted by Crippen LogP contribution is 2.35. The van der Waals surface area contributed by atoms with Crippen LogP contribution in [0.4, 0.5) is 5.69 Å². The summed E-state index contributed by atoms with van der Waals surface area (Å²) >= 11 is 0. The largest absolute Gasteiger partial charge is 0.486 e. The van der Waals surface area contributed by atoms with Gasteiger partial charge in [-0.15, -0.1) is 0 Å². The van der Waals surface area contributed by atoms with Gasteiger partial charge in [0.15, 0.2) is 11.5 Å². The van der Waals surface area contributed by atoms with Crippen LogP contribution in [0, 0.1) is 5.92 Å². The lowest BCUT2D eigenvalue weighted by Crippen LogP contribution is -2.46. The van der Waals surface area contributed by atoms with Crippen LogP contribution < -0.4 is 25.0 Å². The molecule has 9 heteroatoms. The van der Waals surface area contributed by atoms with Crippen molar-refractivity contribution in [2.24, 2.45) is 5.92 Å². The van der Waals surface area contributed by atoms with Gasteiger partial charge in [-0.3, -0.25) is 14.4 Å². The van der Waals surface area contributed by atoms with Crippen LogP contribution in [0.5, 0.6) is 11.5 Å². The molecule has 2 aliphatic rings. The fourth-order valence-electron chi connectivity index (χ4n) is 3.47. The second kappa shape index (κ2) is 8.48. The van der Waals surface area contributed by atoms with Crippen LogP contribution >= 0.6 is 0 Å². The van der Waals surface area contributed by atoms with Crippen LogP contribution in [0.25, 0.3) is 0 Å². The summed E-state index contributed by atoms with van der Waals surface area (Å²) in [5.41, 5.74) is 0.656. The number of rotatable bonds is 6. The van der Waals surface area contributed by atoms with E-state index in [4.69, 9.17) is 13.9 Å². The first-order valence-corrected chi connectivity index (χ1v) is 9.82. The number of amides is 3. The van der Waals surface area contributed by atoms with Crippen molar-refractivity contribution in [3.63, 3.8) is 0 Å². The Balaban J connectivity index is 1.33. The Hall–Kier alpha value is -3.49. The summed E-state index contributed by atoms with van der Waals surface area (Å²) in [5, 5.41) is 5.39. The fourth-order valence-corrected chi connectivity index (χ4v) is 3.47. The summed E-state index contributed by atoms with van der Waals surface area (Å²) in [4.78, 5) is 38.9. The zero-order valence-corrected chi connectivity index (χ0v) is 16.6. The molecule has 2 N–H and O–H groups in total. The molecule has 2 aliphatic heterocycles. The van der Waals surface area contributed by atoms with Crippen LogP contribution in [-0.4, -0.2) is 43.5 Å². The molecule has 0 bridgehead atoms. The van der Waals surface area contributed by atoms with Crippen molar-refractivity contribution >= 4 is 23.4 Å². The van der Waals surface area contributed by atoms with Gasteiger partial charge in [0.25, 0.3) is 0 Å². The van der Waals surface area contributed by atoms with E-state index in [1.165, 1.54) is 6.26 Å². The molecule has 1 fully saturated rings. The lowest BCUT2D eigenvalue weighted by atomic mass is 10.1. The van der Waals surface area contributed by atoms with E-state index in [1.807, 2.05) is 0 Å². The average molecular weight is 413 g/mol. The van der Waals surface area contributed by atoms with Gasteiger partial charge in [0.05, 0.1) is 18.7 Å². The van der Waals surface area contributed by atoms with Crippen LogP contribution in [0.15, 0.2) is 41.0 Å². The zero-order chi connectivity index (χ0) is 21.1. The first-order chi connectivity index (χ1) is 14.5. The lowest BCUT2D eigenvalue weighted by Gasteiger charge is -2.22. The summed E-state index contributed by atoms with van der Waals surface area (Å²) < 4.78 is 16.2. The predicted octanol–water partition coefficient (Wildman–Crippen LogP) is 1.22. The molecule has 1 aromatic carbocycles. The normalized spacial score (nSPS) is 18.8. The summed E-state index contributed by atoms with van der Waals surface area (Å²) in [6, 6.07) is 8.03. The van der Waals surface area contributed by atoms with Gasteiger partial charge in [-0.25, -0.2) is 0 Å². The average Bonchev–Trinajstić information content (AvgIpc) is 3.41. The number of fused-ring (bicyclic) bond motifs is 1. The third kappa shape index (κ3) is 4.24. The summed E-state index contributed by atoms with van der Waals surface area (Å²) in [6.07, 6.45) is 1.61. The van der Waals surface area contributed by atoms with Crippen LogP contribution in [-0.2, 0) is 20.9 Å². The van der Waals surface area contributed by atoms with Gasteiger partial charge in [0.1, 0.15) is 25.0 Å². The zero-order valence-electron chi connectivity index (χ0n) is 16.6. The predicted molar refractivity (Wildman–Crippen MR) is 106 cm³/mol. The quantitative estimate of drug-likeness (QED) is 0.737. The maximum absolute atomic E-state index is 12.6. The second-order valence-electron chi connectivity index (χ2n) is 7.26. The minimum atomic E-state index is -0.731. The molecular weight excluding hydrogens is 390 g/mol. The molecular formula is C21H23N3O6. The van der Waals surface area contributed by atoms with E-state index in [1.54, 1.807) is 42.2 Å². The van der Waals surface area contributed by atoms with E-state index in [9.17, 15) is 14.4 Å². The SMILES string of the molecule is C[C@H](NC(=O)C1CC(=O)N(c2ccc3c(c2)OCCO3)C1)C(=O)NCc1ccco1. The molecule has 0 aliphatic carbocycles. The number of ether oxygens (including phenoxy) is 2. The standard InChI is InChI=1S/C21H23N3O6/c1-13(20(26)22-11-16-3-2-6-28-16)23-21(27)14-9-19(25)24(12-14)15-4-5-17-18(10-15)30-8-7-29-17/h2-6,10,13-14H,7-9,11-12H2,1H3,(H,22,26)(H,23,27)/t13-,14?/m0/s1. The third-order valence-electron chi connectivity index (χ3n) is 5.10. The molecule has 3 heterocycles. The van der Waals surface area contributed by atoms with E-state index >= 15 is 0 Å². The maximum atomic E-state index is 12.6. The molecule has 2 aromatic rings. The van der Waals surface area contributed by atoms with Gasteiger partial charge in [-0.2, -0.15) is 0 Å². The number of anilines is 1. The number of hydrogen-bond donors (Lipinski definition) is 2. The summed E-state index contributed by atoms with van der Waals surface area (Å²) in [5.74, 6) is 0.504. The Kier molecular flexibility index (Phi) is 5.60. The van der Waals surface area contributed by atoms with Crippen molar-refractivity contribution in [2.45, 2.75) is 25.9 Å². The maximum Gasteiger partial charge on any atom is 0.242 e.